The zero-order valence-electron chi connectivity index (χ0n) is 9.88. The molecular formula is C14H13NO3. The third-order valence-electron chi connectivity index (χ3n) is 2.44. The maximum atomic E-state index is 11.4. The van der Waals surface area contributed by atoms with Crippen molar-refractivity contribution in [1.82, 2.24) is 0 Å². The fourth-order valence-electron chi connectivity index (χ4n) is 1.55. The molecule has 0 amide bonds. The summed E-state index contributed by atoms with van der Waals surface area (Å²) >= 11 is 0. The van der Waals surface area contributed by atoms with Crippen LogP contribution in [0.3, 0.4) is 0 Å². The summed E-state index contributed by atoms with van der Waals surface area (Å²) in [6.07, 6.45) is 0. The number of phenols is 1. The number of methoxy groups -OCH3 is 1. The zero-order chi connectivity index (χ0) is 13.0. The second-order valence-electron chi connectivity index (χ2n) is 3.74. The first-order valence-electron chi connectivity index (χ1n) is 5.43. The first-order chi connectivity index (χ1) is 8.69. The molecule has 18 heavy (non-hydrogen) atoms. The summed E-state index contributed by atoms with van der Waals surface area (Å²) in [7, 11) is 1.35. The van der Waals surface area contributed by atoms with Crippen LogP contribution in [0.1, 0.15) is 10.4 Å². The monoisotopic (exact) mass is 243 g/mol. The number of phenolic OH excluding ortho intramolecular Hbond substituents is 1. The van der Waals surface area contributed by atoms with Crippen LogP contribution in [0.4, 0.5) is 11.4 Å². The number of hydrogen-bond donors (Lipinski definition) is 2. The Labute approximate surface area is 105 Å². The van der Waals surface area contributed by atoms with Crippen LogP contribution in [0.25, 0.3) is 0 Å². The van der Waals surface area contributed by atoms with Crippen LogP contribution in [-0.2, 0) is 4.74 Å². The predicted molar refractivity (Wildman–Crippen MR) is 69.2 cm³/mol. The number of rotatable bonds is 3. The number of esters is 1. The Morgan fingerprint density at radius 1 is 1.11 bits per heavy atom. The molecule has 0 spiro atoms. The van der Waals surface area contributed by atoms with Gasteiger partial charge in [-0.15, -0.1) is 0 Å². The predicted octanol–water partition coefficient (Wildman–Crippen LogP) is 2.92. The molecule has 0 saturated carbocycles. The molecule has 2 rings (SSSR count). The van der Waals surface area contributed by atoms with Gasteiger partial charge in [-0.1, -0.05) is 6.07 Å². The van der Waals surface area contributed by atoms with Gasteiger partial charge in [0.2, 0.25) is 0 Å². The van der Waals surface area contributed by atoms with Gasteiger partial charge in [0.25, 0.3) is 0 Å². The van der Waals surface area contributed by atoms with Gasteiger partial charge in [-0.3, -0.25) is 0 Å². The second kappa shape index (κ2) is 5.23. The fraction of sp³-hybridized carbons (Fsp3) is 0.0714. The lowest BCUT2D eigenvalue weighted by molar-refractivity contribution is 0.0601. The summed E-state index contributed by atoms with van der Waals surface area (Å²) in [6, 6.07) is 13.7. The highest BCUT2D eigenvalue weighted by atomic mass is 16.5. The van der Waals surface area contributed by atoms with Gasteiger partial charge in [-0.25, -0.2) is 4.79 Å². The van der Waals surface area contributed by atoms with Crippen LogP contribution < -0.4 is 5.32 Å². The van der Waals surface area contributed by atoms with Gasteiger partial charge in [0.05, 0.1) is 12.7 Å². The van der Waals surface area contributed by atoms with Crippen molar-refractivity contribution >= 4 is 17.3 Å². The van der Waals surface area contributed by atoms with Gasteiger partial charge in [0.1, 0.15) is 5.75 Å². The van der Waals surface area contributed by atoms with Gasteiger partial charge in [0.15, 0.2) is 0 Å². The number of aromatic hydroxyl groups is 1. The summed E-state index contributed by atoms with van der Waals surface area (Å²) in [5.74, 6) is -0.159. The molecule has 2 aromatic rings. The first kappa shape index (κ1) is 12.0. The minimum Gasteiger partial charge on any atom is -0.508 e. The Morgan fingerprint density at radius 3 is 2.50 bits per heavy atom. The molecule has 4 heteroatoms. The molecule has 0 aliphatic heterocycles. The fourth-order valence-corrected chi connectivity index (χ4v) is 1.55. The molecule has 0 aliphatic carbocycles. The summed E-state index contributed by atoms with van der Waals surface area (Å²) in [4.78, 5) is 11.4. The minimum absolute atomic E-state index is 0.212. The lowest BCUT2D eigenvalue weighted by Crippen LogP contribution is -2.01. The Kier molecular flexibility index (Phi) is 3.48. The van der Waals surface area contributed by atoms with Crippen molar-refractivity contribution in [2.45, 2.75) is 0 Å². The molecule has 0 aromatic heterocycles. The van der Waals surface area contributed by atoms with Crippen molar-refractivity contribution in [2.24, 2.45) is 0 Å². The van der Waals surface area contributed by atoms with E-state index in [9.17, 15) is 9.90 Å². The van der Waals surface area contributed by atoms with Crippen LogP contribution in [0, 0.1) is 0 Å². The topological polar surface area (TPSA) is 58.6 Å². The highest BCUT2D eigenvalue weighted by molar-refractivity contribution is 5.90. The average molecular weight is 243 g/mol. The van der Waals surface area contributed by atoms with Gasteiger partial charge < -0.3 is 15.2 Å². The Bertz CT molecular complexity index is 549. The van der Waals surface area contributed by atoms with Gasteiger partial charge >= 0.3 is 5.97 Å². The van der Waals surface area contributed by atoms with E-state index >= 15 is 0 Å². The summed E-state index contributed by atoms with van der Waals surface area (Å²) < 4.78 is 4.66. The molecule has 2 aromatic carbocycles. The standard InChI is InChI=1S/C14H13NO3/c1-18-14(17)10-3-2-4-12(9-10)15-11-5-7-13(16)8-6-11/h2-9,15-16H,1H3. The smallest absolute Gasteiger partial charge is 0.337 e. The number of nitrogens with one attached hydrogen (secondary N) is 1. The molecule has 4 nitrogen and oxygen atoms in total. The van der Waals surface area contributed by atoms with Crippen LogP contribution >= 0.6 is 0 Å². The maximum Gasteiger partial charge on any atom is 0.337 e. The van der Waals surface area contributed by atoms with E-state index in [0.717, 1.165) is 11.4 Å². The number of benzene rings is 2. The average Bonchev–Trinajstić information content (AvgIpc) is 2.41. The van der Waals surface area contributed by atoms with Crippen LogP contribution in [-0.4, -0.2) is 18.2 Å². The van der Waals surface area contributed by atoms with E-state index in [1.807, 2.05) is 6.07 Å². The van der Waals surface area contributed by atoms with Crippen LogP contribution in [0.5, 0.6) is 5.75 Å². The van der Waals surface area contributed by atoms with Crippen molar-refractivity contribution in [3.05, 3.63) is 54.1 Å². The SMILES string of the molecule is COC(=O)c1cccc(Nc2ccc(O)cc2)c1. The molecular weight excluding hydrogens is 230 g/mol. The first-order valence-corrected chi connectivity index (χ1v) is 5.43. The highest BCUT2D eigenvalue weighted by Crippen LogP contribution is 2.20. The summed E-state index contributed by atoms with van der Waals surface area (Å²) in [6.45, 7) is 0. The van der Waals surface area contributed by atoms with E-state index in [2.05, 4.69) is 10.1 Å². The minimum atomic E-state index is -0.371. The summed E-state index contributed by atoms with van der Waals surface area (Å²) in [5, 5.41) is 12.3. The number of carbonyl (C=O) groups excluding carboxylic acids is 1. The van der Waals surface area contributed by atoms with Crippen LogP contribution in [0.15, 0.2) is 48.5 Å². The number of hydrogen-bond acceptors (Lipinski definition) is 4. The van der Waals surface area contributed by atoms with Crippen molar-refractivity contribution in [3.8, 4) is 5.75 Å². The van der Waals surface area contributed by atoms with Crippen molar-refractivity contribution in [2.75, 3.05) is 12.4 Å². The van der Waals surface area contributed by atoms with Gasteiger partial charge in [-0.05, 0) is 42.5 Å². The Morgan fingerprint density at radius 2 is 1.83 bits per heavy atom. The molecule has 0 aliphatic rings. The molecule has 0 bridgehead atoms. The van der Waals surface area contributed by atoms with Crippen LogP contribution in [0.2, 0.25) is 0 Å². The van der Waals surface area contributed by atoms with E-state index < -0.39 is 0 Å². The normalized spacial score (nSPS) is 9.83. The van der Waals surface area contributed by atoms with Crippen molar-refractivity contribution in [1.29, 1.82) is 0 Å². The van der Waals surface area contributed by atoms with E-state index in [-0.39, 0.29) is 11.7 Å². The second-order valence-corrected chi connectivity index (χ2v) is 3.74. The van der Waals surface area contributed by atoms with E-state index in [1.165, 1.54) is 7.11 Å². The molecule has 0 fully saturated rings. The van der Waals surface area contributed by atoms with Crippen molar-refractivity contribution < 1.29 is 14.6 Å². The third kappa shape index (κ3) is 2.79. The summed E-state index contributed by atoms with van der Waals surface area (Å²) in [5.41, 5.74) is 2.10. The lowest BCUT2D eigenvalue weighted by Gasteiger charge is -2.07. The van der Waals surface area contributed by atoms with Crippen molar-refractivity contribution in [3.63, 3.8) is 0 Å². The number of anilines is 2. The maximum absolute atomic E-state index is 11.4. The molecule has 0 unspecified atom stereocenters. The van der Waals surface area contributed by atoms with Gasteiger partial charge in [-0.2, -0.15) is 0 Å². The molecule has 0 heterocycles. The lowest BCUT2D eigenvalue weighted by atomic mass is 10.2. The Balaban J connectivity index is 2.19. The Hall–Kier alpha value is -2.49. The largest absolute Gasteiger partial charge is 0.508 e. The molecule has 2 N–H and O–H groups in total. The zero-order valence-corrected chi connectivity index (χ0v) is 9.88. The highest BCUT2D eigenvalue weighted by Gasteiger charge is 2.05. The molecule has 0 saturated heterocycles. The van der Waals surface area contributed by atoms with E-state index in [4.69, 9.17) is 0 Å². The third-order valence-corrected chi connectivity index (χ3v) is 2.44. The number of ether oxygens (including phenoxy) is 1. The van der Waals surface area contributed by atoms with E-state index in [0.29, 0.717) is 5.56 Å². The quantitative estimate of drug-likeness (QED) is 0.642. The molecule has 92 valence electrons. The van der Waals surface area contributed by atoms with E-state index in [1.54, 1.807) is 42.5 Å². The molecule has 0 atom stereocenters. The number of carbonyl (C=O) groups is 1. The van der Waals surface area contributed by atoms with Gasteiger partial charge in [0, 0.05) is 11.4 Å². The molecule has 0 radical (unpaired) electrons.